The van der Waals surface area contributed by atoms with E-state index < -0.39 is 0 Å². The zero-order valence-corrected chi connectivity index (χ0v) is 20.3. The molecule has 36 heavy (non-hydrogen) atoms. The van der Waals surface area contributed by atoms with Crippen LogP contribution in [-0.4, -0.2) is 0 Å². The van der Waals surface area contributed by atoms with Crippen molar-refractivity contribution < 1.29 is 0 Å². The van der Waals surface area contributed by atoms with Crippen LogP contribution in [0.25, 0.3) is 37.9 Å². The lowest BCUT2D eigenvalue weighted by Gasteiger charge is -2.23. The molecule has 2 bridgehead atoms. The van der Waals surface area contributed by atoms with Crippen LogP contribution in [0.1, 0.15) is 29.9 Å². The Balaban J connectivity index is 1.63. The van der Waals surface area contributed by atoms with E-state index in [9.17, 15) is 0 Å². The summed E-state index contributed by atoms with van der Waals surface area (Å²) in [6.07, 6.45) is 29.6. The van der Waals surface area contributed by atoms with E-state index in [1.165, 1.54) is 54.6 Å². The van der Waals surface area contributed by atoms with E-state index >= 15 is 0 Å². The number of allylic oxidation sites excluding steroid dienone is 14. The van der Waals surface area contributed by atoms with E-state index in [1.807, 2.05) is 0 Å². The normalized spacial score (nSPS) is 20.9. The van der Waals surface area contributed by atoms with Gasteiger partial charge in [-0.15, -0.1) is 0 Å². The van der Waals surface area contributed by atoms with Gasteiger partial charge in [0.05, 0.1) is 0 Å². The molecule has 172 valence electrons. The van der Waals surface area contributed by atoms with Gasteiger partial charge in [0.1, 0.15) is 0 Å². The summed E-state index contributed by atoms with van der Waals surface area (Å²) in [4.78, 5) is 0. The fraction of sp³-hybridized carbons (Fsp3) is 0.111. The largest absolute Gasteiger partial charge is 0.0845 e. The van der Waals surface area contributed by atoms with Gasteiger partial charge in [-0.25, -0.2) is 0 Å². The Kier molecular flexibility index (Phi) is 5.17. The van der Waals surface area contributed by atoms with Crippen LogP contribution in [0.4, 0.5) is 0 Å². The van der Waals surface area contributed by atoms with Crippen molar-refractivity contribution in [1.82, 2.24) is 0 Å². The van der Waals surface area contributed by atoms with Crippen LogP contribution in [-0.2, 0) is 0 Å². The van der Waals surface area contributed by atoms with Gasteiger partial charge in [0, 0.05) is 11.8 Å². The maximum atomic E-state index is 2.40. The SMILES string of the molecule is C1=CCCC(c2c3ccccc3c(C3=CC4=CC(C=CC=C4)C=C3)c3c2ccc2ccccc23)C=C1. The highest BCUT2D eigenvalue weighted by Gasteiger charge is 2.22. The molecule has 0 aliphatic heterocycles. The summed E-state index contributed by atoms with van der Waals surface area (Å²) >= 11 is 0. The molecule has 0 heteroatoms. The van der Waals surface area contributed by atoms with Gasteiger partial charge in [-0.3, -0.25) is 0 Å². The average molecular weight is 461 g/mol. The highest BCUT2D eigenvalue weighted by molar-refractivity contribution is 6.21. The molecule has 0 nitrogen and oxygen atoms in total. The lowest BCUT2D eigenvalue weighted by Crippen LogP contribution is -2.01. The van der Waals surface area contributed by atoms with E-state index in [4.69, 9.17) is 0 Å². The summed E-state index contributed by atoms with van der Waals surface area (Å²) in [5.41, 5.74) is 5.36. The Morgan fingerprint density at radius 3 is 2.42 bits per heavy atom. The van der Waals surface area contributed by atoms with E-state index in [-0.39, 0.29) is 0 Å². The molecule has 3 aliphatic carbocycles. The first-order valence-corrected chi connectivity index (χ1v) is 13.0. The van der Waals surface area contributed by atoms with Crippen LogP contribution < -0.4 is 0 Å². The zero-order chi connectivity index (χ0) is 23.9. The molecule has 0 radical (unpaired) electrons. The van der Waals surface area contributed by atoms with Crippen LogP contribution in [0.2, 0.25) is 0 Å². The van der Waals surface area contributed by atoms with Gasteiger partial charge < -0.3 is 0 Å². The number of hydrogen-bond acceptors (Lipinski definition) is 0. The maximum absolute atomic E-state index is 2.40. The van der Waals surface area contributed by atoms with Gasteiger partial charge in [-0.1, -0.05) is 127 Å². The van der Waals surface area contributed by atoms with Crippen molar-refractivity contribution in [2.24, 2.45) is 5.92 Å². The topological polar surface area (TPSA) is 0 Å². The van der Waals surface area contributed by atoms with Crippen LogP contribution in [0.3, 0.4) is 0 Å². The van der Waals surface area contributed by atoms with Gasteiger partial charge >= 0.3 is 0 Å². The third-order valence-electron chi connectivity index (χ3n) is 7.79. The van der Waals surface area contributed by atoms with Crippen molar-refractivity contribution in [3.8, 4) is 0 Å². The molecule has 0 amide bonds. The lowest BCUT2D eigenvalue weighted by atomic mass is 9.80. The molecule has 0 fully saturated rings. The van der Waals surface area contributed by atoms with Gasteiger partial charge in [0.25, 0.3) is 0 Å². The lowest BCUT2D eigenvalue weighted by molar-refractivity contribution is 0.766. The zero-order valence-electron chi connectivity index (χ0n) is 20.3. The second-order valence-electron chi connectivity index (χ2n) is 9.99. The predicted molar refractivity (Wildman–Crippen MR) is 156 cm³/mol. The second kappa shape index (κ2) is 8.81. The van der Waals surface area contributed by atoms with Crippen molar-refractivity contribution >= 4 is 37.9 Å². The van der Waals surface area contributed by atoms with Gasteiger partial charge in [-0.05, 0) is 73.5 Å². The van der Waals surface area contributed by atoms with Crippen molar-refractivity contribution in [1.29, 1.82) is 0 Å². The van der Waals surface area contributed by atoms with E-state index in [2.05, 4.69) is 134 Å². The van der Waals surface area contributed by atoms with Crippen LogP contribution in [0, 0.1) is 5.92 Å². The average Bonchev–Trinajstić information content (AvgIpc) is 3.41. The van der Waals surface area contributed by atoms with E-state index in [1.54, 1.807) is 0 Å². The fourth-order valence-electron chi connectivity index (χ4n) is 6.17. The first-order valence-electron chi connectivity index (χ1n) is 13.0. The first kappa shape index (κ1) is 21.1. The predicted octanol–water partition coefficient (Wildman–Crippen LogP) is 9.76. The first-order chi connectivity index (χ1) is 17.9. The van der Waals surface area contributed by atoms with E-state index in [0.717, 1.165) is 12.8 Å². The summed E-state index contributed by atoms with van der Waals surface area (Å²) in [6, 6.07) is 22.6. The molecule has 4 aromatic carbocycles. The Morgan fingerprint density at radius 2 is 1.47 bits per heavy atom. The summed E-state index contributed by atoms with van der Waals surface area (Å²) in [5, 5.41) is 8.08. The molecular formula is C36H28. The van der Waals surface area contributed by atoms with E-state index in [0.29, 0.717) is 11.8 Å². The van der Waals surface area contributed by atoms with Gasteiger partial charge in [0.15, 0.2) is 0 Å². The molecule has 0 spiro atoms. The number of benzene rings is 4. The molecule has 0 heterocycles. The molecule has 2 unspecified atom stereocenters. The van der Waals surface area contributed by atoms with Crippen molar-refractivity contribution in [3.63, 3.8) is 0 Å². The van der Waals surface area contributed by atoms with Gasteiger partial charge in [0.2, 0.25) is 0 Å². The van der Waals surface area contributed by atoms with Gasteiger partial charge in [-0.2, -0.15) is 0 Å². The fourth-order valence-corrected chi connectivity index (χ4v) is 6.17. The third-order valence-corrected chi connectivity index (χ3v) is 7.79. The van der Waals surface area contributed by atoms with Crippen LogP contribution in [0.15, 0.2) is 139 Å². The monoisotopic (exact) mass is 460 g/mol. The quantitative estimate of drug-likeness (QED) is 0.206. The molecule has 0 saturated heterocycles. The minimum Gasteiger partial charge on any atom is -0.0845 e. The maximum Gasteiger partial charge on any atom is 0.0142 e. The molecule has 2 atom stereocenters. The summed E-state index contributed by atoms with van der Waals surface area (Å²) in [6.45, 7) is 0. The minimum absolute atomic E-state index is 0.320. The van der Waals surface area contributed by atoms with Crippen molar-refractivity contribution in [2.45, 2.75) is 18.8 Å². The number of rotatable bonds is 2. The smallest absolute Gasteiger partial charge is 0.0142 e. The minimum atomic E-state index is 0.320. The molecule has 3 aliphatic rings. The molecule has 0 saturated carbocycles. The highest BCUT2D eigenvalue weighted by atomic mass is 14.3. The molecule has 4 aromatic rings. The molecule has 0 aromatic heterocycles. The Morgan fingerprint density at radius 1 is 0.639 bits per heavy atom. The third kappa shape index (κ3) is 3.53. The number of fused-ring (bicyclic) bond motifs is 5. The standard InChI is InChI=1S/C36H28/c1-2-4-15-28(14-3-1)34-31-17-9-10-18-32(31)35(29-20-19-25-11-5-6-12-26(23-25)24-29)36-30-16-8-7-13-27(30)21-22-33(34)36/h1-3,5-14,16-25,28H,4,15H2. The van der Waals surface area contributed by atoms with Crippen LogP contribution >= 0.6 is 0 Å². The van der Waals surface area contributed by atoms with Crippen molar-refractivity contribution in [2.75, 3.05) is 0 Å². The Bertz CT molecular complexity index is 1730. The Hall–Kier alpha value is -4.16. The highest BCUT2D eigenvalue weighted by Crippen LogP contribution is 2.45. The molecular weight excluding hydrogens is 432 g/mol. The number of hydrogen-bond donors (Lipinski definition) is 0. The summed E-state index contributed by atoms with van der Waals surface area (Å²) < 4.78 is 0. The summed E-state index contributed by atoms with van der Waals surface area (Å²) in [5.74, 6) is 0.709. The Labute approximate surface area is 212 Å². The van der Waals surface area contributed by atoms with Crippen molar-refractivity contribution in [3.05, 3.63) is 150 Å². The second-order valence-corrected chi connectivity index (χ2v) is 9.99. The summed E-state index contributed by atoms with van der Waals surface area (Å²) in [7, 11) is 0. The van der Waals surface area contributed by atoms with Crippen LogP contribution in [0.5, 0.6) is 0 Å². The molecule has 7 rings (SSSR count). The molecule has 0 N–H and O–H groups in total.